The van der Waals surface area contributed by atoms with Gasteiger partial charge in [0.15, 0.2) is 0 Å². The average Bonchev–Trinajstić information content (AvgIpc) is 1.82. The van der Waals surface area contributed by atoms with Crippen molar-refractivity contribution in [2.24, 2.45) is 11.1 Å². The molecule has 13 heavy (non-hydrogen) atoms. The molecule has 0 aromatic rings. The highest BCUT2D eigenvalue weighted by molar-refractivity contribution is 5.86. The van der Waals surface area contributed by atoms with Crippen molar-refractivity contribution in [1.82, 2.24) is 0 Å². The van der Waals surface area contributed by atoms with Crippen LogP contribution in [0.4, 0.5) is 13.2 Å². The number of halogens is 3. The predicted octanol–water partition coefficient (Wildman–Crippen LogP) is 0.133. The molecule has 0 bridgehead atoms. The molecule has 5 N–H and O–H groups in total. The van der Waals surface area contributed by atoms with Gasteiger partial charge in [0.25, 0.3) is 5.84 Å². The molecule has 0 amide bonds. The molecule has 0 unspecified atom stereocenters. The van der Waals surface area contributed by atoms with Gasteiger partial charge in [0.2, 0.25) is 0 Å². The summed E-state index contributed by atoms with van der Waals surface area (Å²) in [6.45, 7) is 1.67. The van der Waals surface area contributed by atoms with E-state index in [4.69, 9.17) is 16.2 Å². The normalized spacial score (nSPS) is 14.4. The lowest BCUT2D eigenvalue weighted by atomic mass is 9.90. The average molecular weight is 197 g/mol. The van der Waals surface area contributed by atoms with Crippen LogP contribution in [0.15, 0.2) is 11.8 Å². The van der Waals surface area contributed by atoms with Gasteiger partial charge >= 0.3 is 6.18 Å². The first-order valence-electron chi connectivity index (χ1n) is 3.45. The van der Waals surface area contributed by atoms with Crippen molar-refractivity contribution < 1.29 is 23.7 Å². The fourth-order valence-corrected chi connectivity index (χ4v) is 0.484. The molecule has 0 spiro atoms. The van der Waals surface area contributed by atoms with Crippen LogP contribution in [0.5, 0.6) is 0 Å². The van der Waals surface area contributed by atoms with Gasteiger partial charge < -0.3 is 5.11 Å². The molecule has 0 aromatic carbocycles. The highest BCUT2D eigenvalue weighted by Crippen LogP contribution is 2.41. The summed E-state index contributed by atoms with van der Waals surface area (Å²) in [5.41, 5.74) is 2.59. The zero-order valence-corrected chi connectivity index (χ0v) is 7.31. The number of allylic oxidation sites excluding steroid dienone is 1. The van der Waals surface area contributed by atoms with E-state index in [0.29, 0.717) is 6.08 Å². The monoisotopic (exact) mass is 197 g/mol. The maximum Gasteiger partial charge on any atom is 0.400 e. The van der Waals surface area contributed by atoms with Gasteiger partial charge in [-0.2, -0.15) is 13.2 Å². The SMILES string of the molecule is CC(C)(/C(O)=C/C(N)=[NH2+])C(F)(F)F. The van der Waals surface area contributed by atoms with Crippen LogP contribution in [0.1, 0.15) is 13.8 Å². The van der Waals surface area contributed by atoms with Gasteiger partial charge in [-0.1, -0.05) is 0 Å². The first-order valence-corrected chi connectivity index (χ1v) is 3.45. The fraction of sp³-hybridized carbons (Fsp3) is 0.571. The highest BCUT2D eigenvalue weighted by Gasteiger charge is 2.50. The summed E-state index contributed by atoms with van der Waals surface area (Å²) in [5, 5.41) is 14.0. The van der Waals surface area contributed by atoms with E-state index in [2.05, 4.69) is 0 Å². The smallest absolute Gasteiger partial charge is 0.400 e. The summed E-state index contributed by atoms with van der Waals surface area (Å²) in [6, 6.07) is 0. The Morgan fingerprint density at radius 1 is 1.38 bits per heavy atom. The first-order chi connectivity index (χ1) is 5.59. The van der Waals surface area contributed by atoms with Crippen molar-refractivity contribution in [2.75, 3.05) is 0 Å². The maximum absolute atomic E-state index is 12.2. The number of nitrogens with two attached hydrogens (primary N) is 2. The Balaban J connectivity index is 4.95. The van der Waals surface area contributed by atoms with Gasteiger partial charge in [-0.25, -0.2) is 0 Å². The summed E-state index contributed by atoms with van der Waals surface area (Å²) in [4.78, 5) is 0. The topological polar surface area (TPSA) is 71.8 Å². The van der Waals surface area contributed by atoms with Gasteiger partial charge in [0.05, 0.1) is 6.08 Å². The minimum absolute atomic E-state index is 0.366. The lowest BCUT2D eigenvalue weighted by molar-refractivity contribution is -0.206. The molecule has 6 heteroatoms. The molecule has 0 fully saturated rings. The minimum Gasteiger partial charge on any atom is -0.511 e. The Morgan fingerprint density at radius 2 is 1.77 bits per heavy atom. The summed E-state index contributed by atoms with van der Waals surface area (Å²) in [5.74, 6) is -1.27. The van der Waals surface area contributed by atoms with Crippen LogP contribution in [-0.4, -0.2) is 17.1 Å². The van der Waals surface area contributed by atoms with Crippen molar-refractivity contribution in [1.29, 1.82) is 0 Å². The van der Waals surface area contributed by atoms with E-state index >= 15 is 0 Å². The summed E-state index contributed by atoms with van der Waals surface area (Å²) < 4.78 is 36.7. The van der Waals surface area contributed by atoms with Crippen molar-refractivity contribution in [3.05, 3.63) is 11.8 Å². The van der Waals surface area contributed by atoms with Crippen LogP contribution in [0.2, 0.25) is 0 Å². The Kier molecular flexibility index (Phi) is 2.97. The first kappa shape index (κ1) is 11.8. The summed E-state index contributed by atoms with van der Waals surface area (Å²) >= 11 is 0. The molecular weight excluding hydrogens is 185 g/mol. The Labute approximate surface area is 73.6 Å². The van der Waals surface area contributed by atoms with Crippen molar-refractivity contribution in [2.45, 2.75) is 20.0 Å². The lowest BCUT2D eigenvalue weighted by Gasteiger charge is -2.26. The largest absolute Gasteiger partial charge is 0.511 e. The van der Waals surface area contributed by atoms with Gasteiger partial charge in [-0.15, -0.1) is 0 Å². The molecule has 3 nitrogen and oxygen atoms in total. The van der Waals surface area contributed by atoms with E-state index in [0.717, 1.165) is 13.8 Å². The lowest BCUT2D eigenvalue weighted by Crippen LogP contribution is -2.45. The van der Waals surface area contributed by atoms with Crippen LogP contribution in [-0.2, 0) is 0 Å². The van der Waals surface area contributed by atoms with Crippen molar-refractivity contribution >= 4 is 5.84 Å². The van der Waals surface area contributed by atoms with E-state index < -0.39 is 17.4 Å². The zero-order valence-electron chi connectivity index (χ0n) is 7.31. The van der Waals surface area contributed by atoms with E-state index in [1.54, 1.807) is 0 Å². The van der Waals surface area contributed by atoms with Gasteiger partial charge in [-0.05, 0) is 13.8 Å². The minimum atomic E-state index is -4.54. The van der Waals surface area contributed by atoms with E-state index in [-0.39, 0.29) is 5.84 Å². The highest BCUT2D eigenvalue weighted by atomic mass is 19.4. The number of hydrogen-bond donors (Lipinski definition) is 3. The van der Waals surface area contributed by atoms with E-state index in [1.165, 1.54) is 0 Å². The Hall–Kier alpha value is -1.20. The quantitative estimate of drug-likeness (QED) is 0.334. The van der Waals surface area contributed by atoms with Crippen LogP contribution in [0, 0.1) is 5.41 Å². The third kappa shape index (κ3) is 2.64. The molecule has 76 valence electrons. The second-order valence-electron chi connectivity index (χ2n) is 3.15. The molecule has 0 heterocycles. The number of hydrogen-bond acceptors (Lipinski definition) is 1. The van der Waals surface area contributed by atoms with Gasteiger partial charge in [0.1, 0.15) is 11.2 Å². The summed E-state index contributed by atoms with van der Waals surface area (Å²) in [7, 11) is 0. The number of alkyl halides is 3. The molecular formula is C7H12F3N2O+. The number of rotatable bonds is 2. The van der Waals surface area contributed by atoms with Crippen LogP contribution < -0.4 is 11.1 Å². The van der Waals surface area contributed by atoms with Crippen LogP contribution >= 0.6 is 0 Å². The molecule has 0 aliphatic carbocycles. The number of aliphatic hydroxyl groups excluding tert-OH is 1. The second kappa shape index (κ2) is 3.27. The third-order valence-electron chi connectivity index (χ3n) is 1.65. The van der Waals surface area contributed by atoms with E-state index in [1.807, 2.05) is 0 Å². The standard InChI is InChI=1S/C7H11F3N2O/c1-6(2,7(8,9)10)4(13)3-5(11)12/h3,13H,1-2H3,(H3,11,12)/p+1/b4-3-. The Bertz CT molecular complexity index is 243. The molecule has 0 atom stereocenters. The number of amidine groups is 1. The van der Waals surface area contributed by atoms with Gasteiger partial charge in [-0.3, -0.25) is 11.1 Å². The second-order valence-corrected chi connectivity index (χ2v) is 3.15. The summed E-state index contributed by atoms with van der Waals surface area (Å²) in [6.07, 6.45) is -3.85. The molecule has 0 aliphatic heterocycles. The van der Waals surface area contributed by atoms with Crippen LogP contribution in [0.25, 0.3) is 0 Å². The molecule has 0 saturated heterocycles. The molecule has 0 saturated carbocycles. The third-order valence-corrected chi connectivity index (χ3v) is 1.65. The van der Waals surface area contributed by atoms with Gasteiger partial charge in [0, 0.05) is 0 Å². The van der Waals surface area contributed by atoms with Crippen LogP contribution in [0.3, 0.4) is 0 Å². The number of aliphatic hydroxyl groups is 1. The predicted molar refractivity (Wildman–Crippen MR) is 41.7 cm³/mol. The molecule has 0 rings (SSSR count). The van der Waals surface area contributed by atoms with E-state index in [9.17, 15) is 13.2 Å². The van der Waals surface area contributed by atoms with Crippen molar-refractivity contribution in [3.63, 3.8) is 0 Å². The fourth-order valence-electron chi connectivity index (χ4n) is 0.484. The molecule has 0 aromatic heterocycles. The zero-order chi connectivity index (χ0) is 10.9. The molecule has 0 radical (unpaired) electrons. The maximum atomic E-state index is 12.2. The Morgan fingerprint density at radius 3 is 2.00 bits per heavy atom. The molecule has 0 aliphatic rings. The van der Waals surface area contributed by atoms with Crippen molar-refractivity contribution in [3.8, 4) is 0 Å².